The molecule has 0 radical (unpaired) electrons. The van der Waals surface area contributed by atoms with E-state index in [0.717, 1.165) is 11.3 Å². The number of esters is 1. The van der Waals surface area contributed by atoms with E-state index in [2.05, 4.69) is 31.9 Å². The Morgan fingerprint density at radius 2 is 1.88 bits per heavy atom. The number of rotatable bonds is 2. The monoisotopic (exact) mass is 346 g/mol. The van der Waals surface area contributed by atoms with Crippen molar-refractivity contribution < 1.29 is 14.3 Å². The van der Waals surface area contributed by atoms with Crippen LogP contribution >= 0.6 is 31.9 Å². The highest BCUT2D eigenvalue weighted by atomic mass is 79.9. The average Bonchev–Trinajstić information content (AvgIpc) is 2.57. The molecular weight excluding hydrogens is 340 g/mol. The van der Waals surface area contributed by atoms with Gasteiger partial charge in [0.05, 0.1) is 11.6 Å². The maximum Gasteiger partial charge on any atom is 0.347 e. The summed E-state index contributed by atoms with van der Waals surface area (Å²) in [4.78, 5) is 11.3. The van der Waals surface area contributed by atoms with Gasteiger partial charge < -0.3 is 9.47 Å². The van der Waals surface area contributed by atoms with Crippen LogP contribution in [0, 0.1) is 0 Å². The first-order valence-corrected chi connectivity index (χ1v) is 6.12. The summed E-state index contributed by atoms with van der Waals surface area (Å²) in [7, 11) is 1.61. The van der Waals surface area contributed by atoms with Crippen LogP contribution in [-0.2, 0) is 9.53 Å². The van der Waals surface area contributed by atoms with E-state index >= 15 is 0 Å². The summed E-state index contributed by atoms with van der Waals surface area (Å²) in [6.07, 6.45) is -0.368. The summed E-state index contributed by atoms with van der Waals surface area (Å²) in [6, 6.07) is 7.39. The number of benzene rings is 1. The molecule has 0 aliphatic carbocycles. The van der Waals surface area contributed by atoms with Crippen molar-refractivity contribution in [2.24, 2.45) is 0 Å². The second-order valence-electron chi connectivity index (χ2n) is 3.22. The fraction of sp³-hybridized carbons (Fsp3) is 0.182. The maximum atomic E-state index is 11.3. The topological polar surface area (TPSA) is 35.5 Å². The number of cyclic esters (lactones) is 1. The van der Waals surface area contributed by atoms with E-state index < -0.39 is 0 Å². The largest absolute Gasteiger partial charge is 0.497 e. The standard InChI is InChI=1S/C11H8Br2O3/c1-15-7-4-2-6(3-5-7)10-8(12)9(13)11(14)16-10/h2-5,10H,1H3. The van der Waals surface area contributed by atoms with Crippen LogP contribution in [0.2, 0.25) is 0 Å². The van der Waals surface area contributed by atoms with Gasteiger partial charge in [0.25, 0.3) is 0 Å². The average molecular weight is 348 g/mol. The Hall–Kier alpha value is -0.810. The molecule has 0 N–H and O–H groups in total. The highest BCUT2D eigenvalue weighted by molar-refractivity contribution is 9.14. The van der Waals surface area contributed by atoms with Gasteiger partial charge in [-0.25, -0.2) is 4.79 Å². The van der Waals surface area contributed by atoms with Gasteiger partial charge in [-0.3, -0.25) is 0 Å². The molecule has 16 heavy (non-hydrogen) atoms. The third-order valence-corrected chi connectivity index (χ3v) is 4.36. The van der Waals surface area contributed by atoms with Crippen LogP contribution in [0.5, 0.6) is 5.75 Å². The van der Waals surface area contributed by atoms with Crippen LogP contribution in [0.3, 0.4) is 0 Å². The predicted molar refractivity (Wildman–Crippen MR) is 66.7 cm³/mol. The fourth-order valence-electron chi connectivity index (χ4n) is 1.42. The number of methoxy groups -OCH3 is 1. The molecule has 0 saturated heterocycles. The van der Waals surface area contributed by atoms with E-state index in [1.54, 1.807) is 7.11 Å². The first-order valence-electron chi connectivity index (χ1n) is 4.53. The first kappa shape index (κ1) is 11.7. The SMILES string of the molecule is COc1ccc(C2OC(=O)C(Br)=C2Br)cc1. The van der Waals surface area contributed by atoms with E-state index in [1.807, 2.05) is 24.3 Å². The summed E-state index contributed by atoms with van der Waals surface area (Å²) in [6.45, 7) is 0. The Kier molecular flexibility index (Phi) is 3.35. The lowest BCUT2D eigenvalue weighted by Gasteiger charge is -2.11. The molecule has 0 aromatic heterocycles. The van der Waals surface area contributed by atoms with Gasteiger partial charge in [0, 0.05) is 0 Å². The molecular formula is C11H8Br2O3. The zero-order chi connectivity index (χ0) is 11.7. The summed E-state index contributed by atoms with van der Waals surface area (Å²) in [5, 5.41) is 0. The van der Waals surface area contributed by atoms with Crippen LogP contribution < -0.4 is 4.74 Å². The van der Waals surface area contributed by atoms with Crippen molar-refractivity contribution >= 4 is 37.8 Å². The molecule has 0 bridgehead atoms. The molecule has 1 aliphatic rings. The van der Waals surface area contributed by atoms with Crippen molar-refractivity contribution in [3.05, 3.63) is 38.8 Å². The second kappa shape index (κ2) is 4.59. The van der Waals surface area contributed by atoms with E-state index in [1.165, 1.54) is 0 Å². The zero-order valence-electron chi connectivity index (χ0n) is 8.37. The molecule has 1 atom stereocenters. The summed E-state index contributed by atoms with van der Waals surface area (Å²) < 4.78 is 11.4. The van der Waals surface area contributed by atoms with Crippen molar-refractivity contribution in [2.75, 3.05) is 7.11 Å². The molecule has 84 valence electrons. The van der Waals surface area contributed by atoms with E-state index in [9.17, 15) is 4.79 Å². The quantitative estimate of drug-likeness (QED) is 0.770. The number of carbonyl (C=O) groups excluding carboxylic acids is 1. The van der Waals surface area contributed by atoms with Crippen molar-refractivity contribution in [2.45, 2.75) is 6.10 Å². The van der Waals surface area contributed by atoms with Gasteiger partial charge in [0.1, 0.15) is 10.2 Å². The number of hydrogen-bond donors (Lipinski definition) is 0. The molecule has 5 heteroatoms. The number of carbonyl (C=O) groups is 1. The molecule has 1 aromatic carbocycles. The van der Waals surface area contributed by atoms with Crippen molar-refractivity contribution in [3.63, 3.8) is 0 Å². The Balaban J connectivity index is 2.29. The van der Waals surface area contributed by atoms with Gasteiger partial charge >= 0.3 is 5.97 Å². The highest BCUT2D eigenvalue weighted by Gasteiger charge is 2.32. The van der Waals surface area contributed by atoms with Gasteiger partial charge in [-0.15, -0.1) is 0 Å². The predicted octanol–water partition coefficient (Wildman–Crippen LogP) is 3.29. The molecule has 0 saturated carbocycles. The van der Waals surface area contributed by atoms with Gasteiger partial charge in [-0.05, 0) is 49.6 Å². The van der Waals surface area contributed by atoms with Crippen LogP contribution in [-0.4, -0.2) is 13.1 Å². The molecule has 0 spiro atoms. The molecule has 1 aromatic rings. The van der Waals surface area contributed by atoms with Crippen LogP contribution in [0.1, 0.15) is 11.7 Å². The Labute approximate surface area is 110 Å². The zero-order valence-corrected chi connectivity index (χ0v) is 11.5. The minimum atomic E-state index is -0.368. The first-order chi connectivity index (χ1) is 7.63. The van der Waals surface area contributed by atoms with E-state index in [4.69, 9.17) is 9.47 Å². The Bertz CT molecular complexity index is 451. The molecule has 0 amide bonds. The number of halogens is 2. The molecule has 3 nitrogen and oxygen atoms in total. The molecule has 1 aliphatic heterocycles. The summed E-state index contributed by atoms with van der Waals surface area (Å²) in [5.41, 5.74) is 0.899. The third-order valence-electron chi connectivity index (χ3n) is 2.26. The van der Waals surface area contributed by atoms with E-state index in [-0.39, 0.29) is 12.1 Å². The molecule has 0 fully saturated rings. The molecule has 2 rings (SSSR count). The normalized spacial score (nSPS) is 19.9. The smallest absolute Gasteiger partial charge is 0.347 e. The fourth-order valence-corrected chi connectivity index (χ4v) is 2.24. The van der Waals surface area contributed by atoms with Gasteiger partial charge in [0.2, 0.25) is 0 Å². The lowest BCUT2D eigenvalue weighted by Crippen LogP contribution is -2.01. The second-order valence-corrected chi connectivity index (χ2v) is 4.87. The van der Waals surface area contributed by atoms with Crippen molar-refractivity contribution in [1.29, 1.82) is 0 Å². The van der Waals surface area contributed by atoms with Crippen LogP contribution in [0.25, 0.3) is 0 Å². The van der Waals surface area contributed by atoms with Gasteiger partial charge in [-0.2, -0.15) is 0 Å². The van der Waals surface area contributed by atoms with Crippen LogP contribution in [0.4, 0.5) is 0 Å². The van der Waals surface area contributed by atoms with Gasteiger partial charge in [0.15, 0.2) is 6.10 Å². The van der Waals surface area contributed by atoms with Gasteiger partial charge in [-0.1, -0.05) is 12.1 Å². The minimum absolute atomic E-state index is 0.354. The Morgan fingerprint density at radius 1 is 1.25 bits per heavy atom. The summed E-state index contributed by atoms with van der Waals surface area (Å²) in [5.74, 6) is 0.417. The van der Waals surface area contributed by atoms with Crippen LogP contribution in [0.15, 0.2) is 33.2 Å². The lowest BCUT2D eigenvalue weighted by molar-refractivity contribution is -0.139. The number of hydrogen-bond acceptors (Lipinski definition) is 3. The summed E-state index contributed by atoms with van der Waals surface area (Å²) >= 11 is 6.51. The molecule has 1 unspecified atom stereocenters. The number of ether oxygens (including phenoxy) is 2. The highest BCUT2D eigenvalue weighted by Crippen LogP contribution is 2.41. The van der Waals surface area contributed by atoms with Crippen molar-refractivity contribution in [1.82, 2.24) is 0 Å². The third kappa shape index (κ3) is 2.01. The maximum absolute atomic E-state index is 11.3. The lowest BCUT2D eigenvalue weighted by atomic mass is 10.1. The molecule has 1 heterocycles. The van der Waals surface area contributed by atoms with E-state index in [0.29, 0.717) is 8.96 Å². The van der Waals surface area contributed by atoms with Crippen molar-refractivity contribution in [3.8, 4) is 5.75 Å². The Morgan fingerprint density at radius 3 is 2.31 bits per heavy atom. The minimum Gasteiger partial charge on any atom is -0.497 e.